The third-order valence-electron chi connectivity index (χ3n) is 4.95. The molecule has 0 radical (unpaired) electrons. The molecule has 0 amide bonds. The van der Waals surface area contributed by atoms with E-state index in [9.17, 15) is 0 Å². The number of nitrogens with zero attached hydrogens (tertiary/aromatic N) is 7. The number of rotatable bonds is 4. The van der Waals surface area contributed by atoms with Gasteiger partial charge in [0.15, 0.2) is 17.5 Å². The zero-order chi connectivity index (χ0) is 17.1. The average molecular weight is 343 g/mol. The van der Waals surface area contributed by atoms with Crippen molar-refractivity contribution < 1.29 is 4.52 Å². The van der Waals surface area contributed by atoms with E-state index in [1.165, 1.54) is 19.3 Å². The Morgan fingerprint density at radius 2 is 1.52 bits per heavy atom. The molecule has 0 unspecified atom stereocenters. The van der Waals surface area contributed by atoms with Crippen molar-refractivity contribution in [2.45, 2.75) is 32.7 Å². The SMILES string of the molecule is Cc1nc(CN2CCN(c3ccc(N4CCCCC4)nn3)CC2)no1. The van der Waals surface area contributed by atoms with Crippen LogP contribution in [0, 0.1) is 6.92 Å². The van der Waals surface area contributed by atoms with Gasteiger partial charge in [0.25, 0.3) is 0 Å². The third kappa shape index (κ3) is 3.89. The van der Waals surface area contributed by atoms with Crippen LogP contribution in [-0.2, 0) is 6.54 Å². The van der Waals surface area contributed by atoms with Gasteiger partial charge in [0.2, 0.25) is 5.89 Å². The molecule has 2 saturated heterocycles. The van der Waals surface area contributed by atoms with Crippen molar-refractivity contribution in [1.82, 2.24) is 25.2 Å². The first-order valence-electron chi connectivity index (χ1n) is 9.13. The zero-order valence-corrected chi connectivity index (χ0v) is 14.8. The molecule has 8 heteroatoms. The van der Waals surface area contributed by atoms with E-state index in [0.717, 1.165) is 63.3 Å². The Labute approximate surface area is 147 Å². The van der Waals surface area contributed by atoms with Crippen molar-refractivity contribution in [3.63, 3.8) is 0 Å². The molecular weight excluding hydrogens is 318 g/mol. The molecule has 2 aliphatic rings. The molecule has 0 aliphatic carbocycles. The van der Waals surface area contributed by atoms with Crippen molar-refractivity contribution in [2.24, 2.45) is 0 Å². The Morgan fingerprint density at radius 3 is 2.08 bits per heavy atom. The second-order valence-corrected chi connectivity index (χ2v) is 6.79. The van der Waals surface area contributed by atoms with Crippen LogP contribution in [0.25, 0.3) is 0 Å². The second-order valence-electron chi connectivity index (χ2n) is 6.79. The van der Waals surface area contributed by atoms with Gasteiger partial charge >= 0.3 is 0 Å². The lowest BCUT2D eigenvalue weighted by Crippen LogP contribution is -2.46. The minimum Gasteiger partial charge on any atom is -0.355 e. The van der Waals surface area contributed by atoms with E-state index in [4.69, 9.17) is 4.52 Å². The topological polar surface area (TPSA) is 74.4 Å². The Morgan fingerprint density at radius 1 is 0.880 bits per heavy atom. The number of aromatic nitrogens is 4. The van der Waals surface area contributed by atoms with E-state index in [2.05, 4.69) is 47.2 Å². The van der Waals surface area contributed by atoms with Gasteiger partial charge in [0.05, 0.1) is 6.54 Å². The fourth-order valence-corrected chi connectivity index (χ4v) is 3.52. The van der Waals surface area contributed by atoms with Crippen LogP contribution < -0.4 is 9.80 Å². The fourth-order valence-electron chi connectivity index (χ4n) is 3.52. The van der Waals surface area contributed by atoms with Crippen molar-refractivity contribution in [3.8, 4) is 0 Å². The van der Waals surface area contributed by atoms with Gasteiger partial charge in [0, 0.05) is 46.2 Å². The molecule has 134 valence electrons. The molecule has 25 heavy (non-hydrogen) atoms. The average Bonchev–Trinajstić information content (AvgIpc) is 3.08. The summed E-state index contributed by atoms with van der Waals surface area (Å²) in [4.78, 5) is 11.3. The predicted octanol–water partition coefficient (Wildman–Crippen LogP) is 1.48. The van der Waals surface area contributed by atoms with Gasteiger partial charge in [-0.3, -0.25) is 4.90 Å². The van der Waals surface area contributed by atoms with E-state index in [1.807, 2.05) is 6.92 Å². The Balaban J connectivity index is 1.31. The minimum absolute atomic E-state index is 0.623. The lowest BCUT2D eigenvalue weighted by atomic mass is 10.1. The van der Waals surface area contributed by atoms with Crippen molar-refractivity contribution in [2.75, 3.05) is 49.1 Å². The number of aryl methyl sites for hydroxylation is 1. The van der Waals surface area contributed by atoms with Gasteiger partial charge in [-0.25, -0.2) is 0 Å². The number of hydrogen-bond acceptors (Lipinski definition) is 8. The molecule has 2 aromatic rings. The van der Waals surface area contributed by atoms with Gasteiger partial charge in [-0.05, 0) is 31.4 Å². The molecule has 0 spiro atoms. The van der Waals surface area contributed by atoms with Crippen molar-refractivity contribution in [1.29, 1.82) is 0 Å². The standard InChI is InChI=1S/C17H25N7O/c1-14-18-15(21-25-14)13-22-9-11-24(12-10-22)17-6-5-16(19-20-17)23-7-3-2-4-8-23/h5-6H,2-4,7-13H2,1H3. The summed E-state index contributed by atoms with van der Waals surface area (Å²) in [6, 6.07) is 4.22. The molecule has 8 nitrogen and oxygen atoms in total. The largest absolute Gasteiger partial charge is 0.355 e. The highest BCUT2D eigenvalue weighted by Gasteiger charge is 2.20. The summed E-state index contributed by atoms with van der Waals surface area (Å²) in [5, 5.41) is 12.9. The third-order valence-corrected chi connectivity index (χ3v) is 4.95. The zero-order valence-electron chi connectivity index (χ0n) is 14.8. The highest BCUT2D eigenvalue weighted by Crippen LogP contribution is 2.20. The summed E-state index contributed by atoms with van der Waals surface area (Å²) < 4.78 is 5.04. The molecule has 2 fully saturated rings. The summed E-state index contributed by atoms with van der Waals surface area (Å²) >= 11 is 0. The molecule has 2 aliphatic heterocycles. The van der Waals surface area contributed by atoms with E-state index in [1.54, 1.807) is 0 Å². The highest BCUT2D eigenvalue weighted by atomic mass is 16.5. The molecule has 2 aromatic heterocycles. The quantitative estimate of drug-likeness (QED) is 0.826. The Kier molecular flexibility index (Phi) is 4.78. The maximum Gasteiger partial charge on any atom is 0.223 e. The van der Waals surface area contributed by atoms with Crippen LogP contribution in [0.5, 0.6) is 0 Å². The first kappa shape index (κ1) is 16.3. The molecule has 4 heterocycles. The molecule has 0 aromatic carbocycles. The van der Waals surface area contributed by atoms with Crippen LogP contribution >= 0.6 is 0 Å². The van der Waals surface area contributed by atoms with E-state index < -0.39 is 0 Å². The summed E-state index contributed by atoms with van der Waals surface area (Å²) in [7, 11) is 0. The van der Waals surface area contributed by atoms with Crippen molar-refractivity contribution in [3.05, 3.63) is 23.8 Å². The van der Waals surface area contributed by atoms with Gasteiger partial charge < -0.3 is 14.3 Å². The van der Waals surface area contributed by atoms with E-state index in [0.29, 0.717) is 5.89 Å². The normalized spacial score (nSPS) is 19.4. The van der Waals surface area contributed by atoms with Crippen LogP contribution in [0.2, 0.25) is 0 Å². The summed E-state index contributed by atoms with van der Waals surface area (Å²) in [6.07, 6.45) is 3.84. The van der Waals surface area contributed by atoms with Crippen LogP contribution in [0.3, 0.4) is 0 Å². The van der Waals surface area contributed by atoms with Crippen LogP contribution in [-0.4, -0.2) is 64.5 Å². The first-order chi connectivity index (χ1) is 12.3. The van der Waals surface area contributed by atoms with Crippen molar-refractivity contribution >= 4 is 11.6 Å². The van der Waals surface area contributed by atoms with E-state index >= 15 is 0 Å². The Hall–Kier alpha value is -2.22. The lowest BCUT2D eigenvalue weighted by Gasteiger charge is -2.34. The molecule has 0 N–H and O–H groups in total. The summed E-state index contributed by atoms with van der Waals surface area (Å²) in [5.41, 5.74) is 0. The molecule has 0 atom stereocenters. The molecule has 0 saturated carbocycles. The minimum atomic E-state index is 0.623. The maximum absolute atomic E-state index is 5.04. The molecule has 0 bridgehead atoms. The first-order valence-corrected chi connectivity index (χ1v) is 9.13. The van der Waals surface area contributed by atoms with Gasteiger partial charge in [-0.2, -0.15) is 4.98 Å². The summed E-state index contributed by atoms with van der Waals surface area (Å²) in [5.74, 6) is 3.36. The predicted molar refractivity (Wildman–Crippen MR) is 94.6 cm³/mol. The Bertz CT molecular complexity index is 673. The number of piperazine rings is 1. The maximum atomic E-state index is 5.04. The number of hydrogen-bond donors (Lipinski definition) is 0. The molecular formula is C17H25N7O. The van der Waals surface area contributed by atoms with Crippen LogP contribution in [0.4, 0.5) is 11.6 Å². The lowest BCUT2D eigenvalue weighted by molar-refractivity contribution is 0.239. The second kappa shape index (κ2) is 7.35. The van der Waals surface area contributed by atoms with E-state index in [-0.39, 0.29) is 0 Å². The van der Waals surface area contributed by atoms with Gasteiger partial charge in [-0.15, -0.1) is 10.2 Å². The smallest absolute Gasteiger partial charge is 0.223 e. The molecule has 4 rings (SSSR count). The number of piperidine rings is 1. The monoisotopic (exact) mass is 343 g/mol. The van der Waals surface area contributed by atoms with Crippen LogP contribution in [0.15, 0.2) is 16.7 Å². The highest BCUT2D eigenvalue weighted by molar-refractivity contribution is 5.45. The van der Waals surface area contributed by atoms with Gasteiger partial charge in [0.1, 0.15) is 0 Å². The van der Waals surface area contributed by atoms with Gasteiger partial charge in [-0.1, -0.05) is 5.16 Å². The fraction of sp³-hybridized carbons (Fsp3) is 0.647. The summed E-state index contributed by atoms with van der Waals surface area (Å²) in [6.45, 7) is 8.56. The number of anilines is 2. The van der Waals surface area contributed by atoms with Crippen LogP contribution in [0.1, 0.15) is 31.0 Å².